The molecular weight excluding hydrogens is 456 g/mol. The van der Waals surface area contributed by atoms with Crippen LogP contribution < -0.4 is 0 Å². The third kappa shape index (κ3) is 6.96. The van der Waals surface area contributed by atoms with Gasteiger partial charge in [-0.05, 0) is 56.7 Å². The number of rotatable bonds is 12. The summed E-state index contributed by atoms with van der Waals surface area (Å²) in [6.07, 6.45) is 6.30. The van der Waals surface area contributed by atoms with Crippen molar-refractivity contribution in [3.63, 3.8) is 0 Å². The molecule has 0 aliphatic heterocycles. The molecule has 0 fully saturated rings. The first-order valence-electron chi connectivity index (χ1n) is 10.2. The molecule has 0 saturated heterocycles. The number of allylic oxidation sites excluding steroid dienone is 2. The van der Waals surface area contributed by atoms with E-state index in [9.17, 15) is 28.7 Å². The first-order valence-corrected chi connectivity index (χ1v) is 13.5. The zero-order valence-electron chi connectivity index (χ0n) is 18.4. The summed E-state index contributed by atoms with van der Waals surface area (Å²) in [5.41, 5.74) is 1.97. The fourth-order valence-electron chi connectivity index (χ4n) is 3.27. The van der Waals surface area contributed by atoms with Gasteiger partial charge < -0.3 is 28.7 Å². The topological polar surface area (TPSA) is 150 Å². The summed E-state index contributed by atoms with van der Waals surface area (Å²) in [5, 5.41) is -2.98. The maximum atomic E-state index is 12.4. The molecule has 0 aliphatic rings. The second kappa shape index (κ2) is 11.0. The summed E-state index contributed by atoms with van der Waals surface area (Å²) in [6, 6.07) is 6.28. The van der Waals surface area contributed by atoms with Gasteiger partial charge in [0.05, 0.1) is 6.20 Å². The molecule has 1 atom stereocenters. The average Bonchev–Trinajstić information content (AvgIpc) is 3.20. The lowest BCUT2D eigenvalue weighted by molar-refractivity contribution is 0.0299. The number of aromatic nitrogens is 1. The van der Waals surface area contributed by atoms with Crippen LogP contribution >= 0.6 is 15.2 Å². The van der Waals surface area contributed by atoms with Gasteiger partial charge in [-0.2, -0.15) is 0 Å². The van der Waals surface area contributed by atoms with Gasteiger partial charge in [0, 0.05) is 18.6 Å². The monoisotopic (exact) mass is 487 g/mol. The van der Waals surface area contributed by atoms with E-state index in [0.717, 1.165) is 12.8 Å². The van der Waals surface area contributed by atoms with Crippen molar-refractivity contribution in [2.45, 2.75) is 51.5 Å². The van der Waals surface area contributed by atoms with Gasteiger partial charge in [-0.1, -0.05) is 30.7 Å². The lowest BCUT2D eigenvalue weighted by Crippen LogP contribution is -2.36. The molecule has 32 heavy (non-hydrogen) atoms. The molecule has 0 radical (unpaired) electrons. The third-order valence-corrected chi connectivity index (χ3v) is 9.07. The van der Waals surface area contributed by atoms with E-state index in [1.54, 1.807) is 12.1 Å². The van der Waals surface area contributed by atoms with Crippen LogP contribution in [0.1, 0.15) is 45.6 Å². The molecule has 1 aromatic heterocycles. The molecule has 1 aromatic carbocycles. The molecule has 0 aliphatic carbocycles. The van der Waals surface area contributed by atoms with Crippen molar-refractivity contribution in [3.8, 4) is 11.5 Å². The van der Waals surface area contributed by atoms with Crippen LogP contribution in [0.5, 0.6) is 0 Å². The molecular formula is C21H31NO8P2. The molecule has 0 saturated carbocycles. The van der Waals surface area contributed by atoms with Crippen LogP contribution in [0.25, 0.3) is 11.5 Å². The number of hydrogen-bond donors (Lipinski definition) is 4. The smallest absolute Gasteiger partial charge is 0.370 e. The van der Waals surface area contributed by atoms with Crippen LogP contribution in [-0.4, -0.2) is 36.2 Å². The van der Waals surface area contributed by atoms with Gasteiger partial charge in [0.25, 0.3) is 5.08 Å². The van der Waals surface area contributed by atoms with Gasteiger partial charge in [0.15, 0.2) is 0 Å². The summed E-state index contributed by atoms with van der Waals surface area (Å²) >= 11 is 0. The van der Waals surface area contributed by atoms with Crippen LogP contribution in [0.2, 0.25) is 0 Å². The minimum absolute atomic E-state index is 0.144. The first kappa shape index (κ1) is 26.7. The van der Waals surface area contributed by atoms with Crippen LogP contribution in [0.3, 0.4) is 0 Å². The van der Waals surface area contributed by atoms with Gasteiger partial charge in [0.1, 0.15) is 6.26 Å². The van der Waals surface area contributed by atoms with E-state index in [4.69, 9.17) is 9.15 Å². The third-order valence-electron chi connectivity index (χ3n) is 5.11. The van der Waals surface area contributed by atoms with E-state index in [2.05, 4.69) is 11.1 Å². The van der Waals surface area contributed by atoms with Crippen LogP contribution in [0.4, 0.5) is 0 Å². The van der Waals surface area contributed by atoms with Gasteiger partial charge >= 0.3 is 15.2 Å². The minimum Gasteiger partial charge on any atom is -0.445 e. The highest BCUT2D eigenvalue weighted by Crippen LogP contribution is 2.70. The Morgan fingerprint density at radius 3 is 2.44 bits per heavy atom. The molecule has 0 spiro atoms. The molecule has 11 heteroatoms. The number of ether oxygens (including phenoxy) is 1. The quantitative estimate of drug-likeness (QED) is 0.247. The van der Waals surface area contributed by atoms with Crippen molar-refractivity contribution in [2.75, 3.05) is 6.61 Å². The van der Waals surface area contributed by atoms with E-state index in [1.165, 1.54) is 30.2 Å². The summed E-state index contributed by atoms with van der Waals surface area (Å²) in [7, 11) is -10.8. The highest BCUT2D eigenvalue weighted by molar-refractivity contribution is 7.72. The Morgan fingerprint density at radius 1 is 1.19 bits per heavy atom. The highest BCUT2D eigenvalue weighted by Gasteiger charge is 2.61. The maximum Gasteiger partial charge on any atom is 0.370 e. The highest BCUT2D eigenvalue weighted by atomic mass is 31.2. The van der Waals surface area contributed by atoms with Crippen molar-refractivity contribution in [3.05, 3.63) is 53.9 Å². The van der Waals surface area contributed by atoms with Gasteiger partial charge in [-0.25, -0.2) is 4.98 Å². The van der Waals surface area contributed by atoms with Crippen molar-refractivity contribution >= 4 is 15.2 Å². The Morgan fingerprint density at radius 2 is 1.88 bits per heavy atom. The summed E-state index contributed by atoms with van der Waals surface area (Å²) in [4.78, 5) is 44.0. The fourth-order valence-corrected chi connectivity index (χ4v) is 5.92. The summed E-state index contributed by atoms with van der Waals surface area (Å²) < 4.78 is 35.4. The van der Waals surface area contributed by atoms with E-state index in [1.807, 2.05) is 20.8 Å². The molecule has 0 amide bonds. The minimum atomic E-state index is -5.40. The van der Waals surface area contributed by atoms with E-state index >= 15 is 0 Å². The fraction of sp³-hybridized carbons (Fsp3) is 0.476. The summed E-state index contributed by atoms with van der Waals surface area (Å²) in [5.74, 6) is 0.418. The molecule has 4 N–H and O–H groups in total. The molecule has 2 aromatic rings. The predicted octanol–water partition coefficient (Wildman–Crippen LogP) is 4.68. The van der Waals surface area contributed by atoms with Crippen LogP contribution in [0.15, 0.2) is 52.8 Å². The second-order valence-electron chi connectivity index (χ2n) is 8.15. The summed E-state index contributed by atoms with van der Waals surface area (Å²) in [6.45, 7) is 5.75. The van der Waals surface area contributed by atoms with Gasteiger partial charge in [0.2, 0.25) is 5.89 Å². The lowest BCUT2D eigenvalue weighted by Gasteiger charge is -2.35. The largest absolute Gasteiger partial charge is 0.445 e. The molecule has 178 valence electrons. The van der Waals surface area contributed by atoms with E-state index in [0.29, 0.717) is 12.0 Å². The Hall–Kier alpha value is -1.57. The Kier molecular flexibility index (Phi) is 9.20. The zero-order valence-corrected chi connectivity index (χ0v) is 20.2. The zero-order chi connectivity index (χ0) is 24.0. The van der Waals surface area contributed by atoms with Crippen molar-refractivity contribution < 1.29 is 37.9 Å². The van der Waals surface area contributed by atoms with Crippen LogP contribution in [-0.2, 0) is 20.3 Å². The van der Waals surface area contributed by atoms with Crippen LogP contribution in [0, 0.1) is 5.92 Å². The first-order chi connectivity index (χ1) is 14.9. The second-order valence-corrected chi connectivity index (χ2v) is 12.1. The lowest BCUT2D eigenvalue weighted by atomic mass is 10.0. The number of nitrogens with zero attached hydrogens (tertiary/aromatic N) is 1. The normalized spacial score (nSPS) is 13.7. The molecule has 0 unspecified atom stereocenters. The Labute approximate surface area is 187 Å². The molecule has 9 nitrogen and oxygen atoms in total. The van der Waals surface area contributed by atoms with E-state index < -0.39 is 26.7 Å². The van der Waals surface area contributed by atoms with Crippen molar-refractivity contribution in [1.82, 2.24) is 4.98 Å². The standard InChI is InChI=1S/C21H31NO8P2/c1-16(2)6-4-7-17(3)10-12-30-21(31(23,24)25,32(26,27)28)15-18-8-5-9-19(14-18)20-22-11-13-29-20/h5-6,8-9,11,13-14,17H,4,7,10,12,15H2,1-3H3,(H2,23,24,25)(H2,26,27,28)/t17-/m0/s1. The molecule has 1 heterocycles. The number of benzene rings is 1. The Bertz CT molecular complexity index is 967. The van der Waals surface area contributed by atoms with E-state index in [-0.39, 0.29) is 24.0 Å². The molecule has 0 bridgehead atoms. The van der Waals surface area contributed by atoms with Crippen molar-refractivity contribution in [2.24, 2.45) is 5.92 Å². The van der Waals surface area contributed by atoms with Gasteiger partial charge in [-0.3, -0.25) is 9.13 Å². The Balaban J connectivity index is 2.25. The predicted molar refractivity (Wildman–Crippen MR) is 121 cm³/mol. The maximum absolute atomic E-state index is 12.4. The molecule has 2 rings (SSSR count). The van der Waals surface area contributed by atoms with Crippen molar-refractivity contribution in [1.29, 1.82) is 0 Å². The number of hydrogen-bond acceptors (Lipinski definition) is 5. The average molecular weight is 487 g/mol. The number of oxazole rings is 1. The SMILES string of the molecule is CC(C)=CCC[C@H](C)CCOC(Cc1cccc(-c2ncco2)c1)(P(=O)(O)O)P(=O)(O)O. The van der Waals surface area contributed by atoms with Gasteiger partial charge in [-0.15, -0.1) is 0 Å².